The highest BCUT2D eigenvalue weighted by atomic mass is 32.1. The van der Waals surface area contributed by atoms with E-state index in [1.54, 1.807) is 17.4 Å². The molecule has 0 fully saturated rings. The number of rotatable bonds is 9. The maximum atomic E-state index is 12.7. The molecule has 0 unspecified atom stereocenters. The van der Waals surface area contributed by atoms with E-state index in [0.717, 1.165) is 20.8 Å². The summed E-state index contributed by atoms with van der Waals surface area (Å²) in [6.07, 6.45) is 5.82. The molecule has 0 saturated carbocycles. The molecule has 0 atom stereocenters. The molecule has 0 radical (unpaired) electrons. The molecule has 0 aliphatic heterocycles. The van der Waals surface area contributed by atoms with Crippen LogP contribution in [0.4, 0.5) is 8.78 Å². The Labute approximate surface area is 170 Å². The van der Waals surface area contributed by atoms with Gasteiger partial charge in [0.2, 0.25) is 5.91 Å². The number of nitrogens with one attached hydrogen (secondary N) is 1. The Bertz CT molecular complexity index is 967. The van der Waals surface area contributed by atoms with E-state index in [9.17, 15) is 13.6 Å². The number of alkyl halides is 2. The van der Waals surface area contributed by atoms with Gasteiger partial charge in [-0.1, -0.05) is 12.1 Å². The number of ether oxygens (including phenoxy) is 1. The van der Waals surface area contributed by atoms with Crippen molar-refractivity contribution in [3.63, 3.8) is 0 Å². The van der Waals surface area contributed by atoms with Crippen LogP contribution in [0.25, 0.3) is 6.08 Å². The number of halogens is 2. The summed E-state index contributed by atoms with van der Waals surface area (Å²) in [4.78, 5) is 20.1. The largest absolute Gasteiger partial charge is 0.487 e. The summed E-state index contributed by atoms with van der Waals surface area (Å²) in [5.74, 6) is 0.638. The van der Waals surface area contributed by atoms with Crippen molar-refractivity contribution in [1.29, 1.82) is 0 Å². The fraction of sp³-hybridized carbons (Fsp3) is 0.250. The summed E-state index contributed by atoms with van der Waals surface area (Å²) in [7, 11) is 0. The zero-order valence-electron chi connectivity index (χ0n) is 15.7. The lowest BCUT2D eigenvalue weighted by Gasteiger charge is -2.06. The van der Waals surface area contributed by atoms with Crippen LogP contribution in [-0.2, 0) is 17.8 Å². The topological polar surface area (TPSA) is 69.0 Å². The summed E-state index contributed by atoms with van der Waals surface area (Å²) in [5, 5.41) is 5.62. The van der Waals surface area contributed by atoms with Crippen LogP contribution in [0.1, 0.15) is 28.6 Å². The molecule has 1 N–H and O–H groups in total. The molecule has 1 amide bonds. The third kappa shape index (κ3) is 6.21. The van der Waals surface area contributed by atoms with Crippen molar-refractivity contribution >= 4 is 23.3 Å². The first-order chi connectivity index (χ1) is 14.0. The molecule has 152 valence electrons. The SMILES string of the molecule is Cc1nc(COc2ccc(/C=C/C(=O)NCCc3nccn3C(F)F)cc2)cs1. The van der Waals surface area contributed by atoms with Crippen molar-refractivity contribution in [2.24, 2.45) is 0 Å². The van der Waals surface area contributed by atoms with Gasteiger partial charge >= 0.3 is 6.55 Å². The van der Waals surface area contributed by atoms with E-state index < -0.39 is 6.55 Å². The van der Waals surface area contributed by atoms with Crippen molar-refractivity contribution in [2.45, 2.75) is 26.5 Å². The number of hydrogen-bond acceptors (Lipinski definition) is 5. The smallest absolute Gasteiger partial charge is 0.319 e. The Balaban J connectivity index is 1.43. The Morgan fingerprint density at radius 3 is 2.83 bits per heavy atom. The number of aryl methyl sites for hydroxylation is 1. The molecule has 0 bridgehead atoms. The molecule has 9 heteroatoms. The number of imidazole rings is 1. The second-order valence-corrected chi connectivity index (χ2v) is 7.18. The van der Waals surface area contributed by atoms with E-state index >= 15 is 0 Å². The number of benzene rings is 1. The minimum absolute atomic E-state index is 0.218. The molecule has 1 aromatic carbocycles. The number of carbonyl (C=O) groups is 1. The average Bonchev–Trinajstić information content (AvgIpc) is 3.34. The van der Waals surface area contributed by atoms with Gasteiger partial charge in [-0.05, 0) is 30.7 Å². The van der Waals surface area contributed by atoms with Crippen LogP contribution in [0, 0.1) is 6.92 Å². The van der Waals surface area contributed by atoms with E-state index in [-0.39, 0.29) is 24.7 Å². The zero-order chi connectivity index (χ0) is 20.6. The zero-order valence-corrected chi connectivity index (χ0v) is 16.5. The van der Waals surface area contributed by atoms with E-state index in [2.05, 4.69) is 15.3 Å². The number of aromatic nitrogens is 3. The number of hydrogen-bond donors (Lipinski definition) is 1. The molecule has 3 rings (SSSR count). The Kier molecular flexibility index (Phi) is 7.07. The molecule has 0 aliphatic carbocycles. The number of thiazole rings is 1. The molecular weight excluding hydrogens is 398 g/mol. The molecule has 3 aromatic rings. The highest BCUT2D eigenvalue weighted by molar-refractivity contribution is 7.09. The summed E-state index contributed by atoms with van der Waals surface area (Å²) < 4.78 is 31.9. The number of nitrogens with zero attached hydrogens (tertiary/aromatic N) is 3. The molecule has 2 aromatic heterocycles. The highest BCUT2D eigenvalue weighted by Crippen LogP contribution is 2.16. The standard InChI is InChI=1S/C20H20F2N4O2S/c1-14-25-16(13-29-14)12-28-17-5-2-15(3-6-17)4-7-19(27)24-9-8-18-23-10-11-26(18)20(21)22/h2-7,10-11,13,20H,8-9,12H2,1H3,(H,24,27)/b7-4+. The van der Waals surface area contributed by atoms with Crippen molar-refractivity contribution in [2.75, 3.05) is 6.54 Å². The fourth-order valence-electron chi connectivity index (χ4n) is 2.55. The van der Waals surface area contributed by atoms with E-state index in [4.69, 9.17) is 4.74 Å². The lowest BCUT2D eigenvalue weighted by atomic mass is 10.2. The average molecular weight is 418 g/mol. The van der Waals surface area contributed by atoms with E-state index in [1.807, 2.05) is 36.6 Å². The minimum Gasteiger partial charge on any atom is -0.487 e. The van der Waals surface area contributed by atoms with E-state index in [0.29, 0.717) is 12.4 Å². The second-order valence-electron chi connectivity index (χ2n) is 6.12. The van der Waals surface area contributed by atoms with Crippen molar-refractivity contribution < 1.29 is 18.3 Å². The van der Waals surface area contributed by atoms with Crippen LogP contribution < -0.4 is 10.1 Å². The first kappa shape index (κ1) is 20.7. The monoisotopic (exact) mass is 418 g/mol. The second kappa shape index (κ2) is 9.92. The minimum atomic E-state index is -2.64. The molecule has 0 spiro atoms. The third-order valence-corrected chi connectivity index (χ3v) is 4.79. The quantitative estimate of drug-likeness (QED) is 0.534. The van der Waals surface area contributed by atoms with Crippen LogP contribution in [0.5, 0.6) is 5.75 Å². The Morgan fingerprint density at radius 2 is 2.14 bits per heavy atom. The normalized spacial score (nSPS) is 11.3. The number of amides is 1. The predicted molar refractivity (Wildman–Crippen MR) is 107 cm³/mol. The molecule has 29 heavy (non-hydrogen) atoms. The van der Waals surface area contributed by atoms with Gasteiger partial charge in [-0.2, -0.15) is 8.78 Å². The molecule has 6 nitrogen and oxygen atoms in total. The van der Waals surface area contributed by atoms with Gasteiger partial charge < -0.3 is 10.1 Å². The van der Waals surface area contributed by atoms with Crippen LogP contribution >= 0.6 is 11.3 Å². The fourth-order valence-corrected chi connectivity index (χ4v) is 3.15. The Hall–Kier alpha value is -3.07. The van der Waals surface area contributed by atoms with Gasteiger partial charge in [0.15, 0.2) is 0 Å². The van der Waals surface area contributed by atoms with Crippen molar-refractivity contribution in [3.8, 4) is 5.75 Å². The summed E-state index contributed by atoms with van der Waals surface area (Å²) in [5.41, 5.74) is 1.73. The molecule has 2 heterocycles. The first-order valence-corrected chi connectivity index (χ1v) is 9.79. The summed E-state index contributed by atoms with van der Waals surface area (Å²) >= 11 is 1.58. The maximum Gasteiger partial charge on any atom is 0.319 e. The van der Waals surface area contributed by atoms with Crippen LogP contribution in [0.15, 0.2) is 48.1 Å². The van der Waals surface area contributed by atoms with E-state index in [1.165, 1.54) is 18.5 Å². The first-order valence-electron chi connectivity index (χ1n) is 8.91. The van der Waals surface area contributed by atoms with Gasteiger partial charge in [-0.3, -0.25) is 9.36 Å². The highest BCUT2D eigenvalue weighted by Gasteiger charge is 2.10. The molecular formula is C20H20F2N4O2S. The van der Waals surface area contributed by atoms with Gasteiger partial charge in [0, 0.05) is 36.8 Å². The van der Waals surface area contributed by atoms with Gasteiger partial charge in [0.25, 0.3) is 0 Å². The lowest BCUT2D eigenvalue weighted by molar-refractivity contribution is -0.116. The third-order valence-electron chi connectivity index (χ3n) is 3.97. The van der Waals surface area contributed by atoms with Crippen LogP contribution in [0.2, 0.25) is 0 Å². The van der Waals surface area contributed by atoms with Crippen LogP contribution in [0.3, 0.4) is 0 Å². The van der Waals surface area contributed by atoms with Crippen molar-refractivity contribution in [3.05, 3.63) is 70.2 Å². The maximum absolute atomic E-state index is 12.7. The number of carbonyl (C=O) groups excluding carboxylic acids is 1. The lowest BCUT2D eigenvalue weighted by Crippen LogP contribution is -2.24. The van der Waals surface area contributed by atoms with Gasteiger partial charge in [-0.25, -0.2) is 9.97 Å². The predicted octanol–water partition coefficient (Wildman–Crippen LogP) is 3.99. The van der Waals surface area contributed by atoms with Gasteiger partial charge in [-0.15, -0.1) is 11.3 Å². The Morgan fingerprint density at radius 1 is 1.34 bits per heavy atom. The van der Waals surface area contributed by atoms with Crippen molar-refractivity contribution in [1.82, 2.24) is 19.9 Å². The summed E-state index contributed by atoms with van der Waals surface area (Å²) in [6.45, 7) is -0.0637. The molecule has 0 saturated heterocycles. The van der Waals surface area contributed by atoms with Crippen LogP contribution in [-0.4, -0.2) is 27.0 Å². The van der Waals surface area contributed by atoms with Gasteiger partial charge in [0.05, 0.1) is 10.7 Å². The summed E-state index contributed by atoms with van der Waals surface area (Å²) in [6, 6.07) is 7.32. The van der Waals surface area contributed by atoms with Gasteiger partial charge in [0.1, 0.15) is 18.2 Å². The molecule has 0 aliphatic rings.